The zero-order chi connectivity index (χ0) is 10.4. The first-order chi connectivity index (χ1) is 6.76. The summed E-state index contributed by atoms with van der Waals surface area (Å²) in [6.07, 6.45) is 4.71. The highest BCUT2D eigenvalue weighted by molar-refractivity contribution is 5.78. The van der Waals surface area contributed by atoms with E-state index in [9.17, 15) is 4.79 Å². The number of carbonyl (C=O) groups excluding carboxylic acids is 1. The van der Waals surface area contributed by atoms with Crippen LogP contribution in [0.5, 0.6) is 0 Å². The van der Waals surface area contributed by atoms with E-state index < -0.39 is 0 Å². The van der Waals surface area contributed by atoms with Crippen LogP contribution >= 0.6 is 0 Å². The predicted octanol–water partition coefficient (Wildman–Crippen LogP) is 1.29. The third-order valence-electron chi connectivity index (χ3n) is 2.77. The molecule has 0 aromatic heterocycles. The van der Waals surface area contributed by atoms with E-state index in [0.717, 1.165) is 25.3 Å². The van der Waals surface area contributed by atoms with Crippen molar-refractivity contribution in [2.75, 3.05) is 13.1 Å². The van der Waals surface area contributed by atoms with Crippen molar-refractivity contribution in [2.45, 2.75) is 45.6 Å². The molecule has 1 saturated carbocycles. The maximum atomic E-state index is 11.4. The lowest BCUT2D eigenvalue weighted by atomic mass is 10.2. The lowest BCUT2D eigenvalue weighted by molar-refractivity contribution is -0.121. The normalized spacial score (nSPS) is 15.9. The van der Waals surface area contributed by atoms with Crippen LogP contribution in [0.25, 0.3) is 0 Å². The molecule has 1 amide bonds. The van der Waals surface area contributed by atoms with Crippen LogP contribution in [-0.2, 0) is 4.79 Å². The monoisotopic (exact) mass is 198 g/mol. The molecule has 3 heteroatoms. The van der Waals surface area contributed by atoms with Gasteiger partial charge in [0.05, 0.1) is 6.54 Å². The molecular weight excluding hydrogens is 176 g/mol. The Kier molecular flexibility index (Phi) is 4.94. The maximum Gasteiger partial charge on any atom is 0.234 e. The molecule has 14 heavy (non-hydrogen) atoms. The molecule has 1 aliphatic rings. The first kappa shape index (κ1) is 11.5. The number of nitrogens with one attached hydrogen (secondary N) is 2. The van der Waals surface area contributed by atoms with Crippen molar-refractivity contribution in [1.29, 1.82) is 0 Å². The van der Waals surface area contributed by atoms with Gasteiger partial charge in [-0.1, -0.05) is 13.8 Å². The van der Waals surface area contributed by atoms with E-state index in [2.05, 4.69) is 24.5 Å². The van der Waals surface area contributed by atoms with Crippen LogP contribution in [0.15, 0.2) is 0 Å². The van der Waals surface area contributed by atoms with Gasteiger partial charge >= 0.3 is 0 Å². The number of rotatable bonds is 7. The molecular formula is C11H22N2O. The summed E-state index contributed by atoms with van der Waals surface area (Å²) in [7, 11) is 0. The molecule has 0 atom stereocenters. The Hall–Kier alpha value is -0.570. The standard InChI is InChI=1S/C11H22N2O/c1-3-10(4-2)13-11(14)8-12-7-9-5-6-9/h9-10,12H,3-8H2,1-2H3,(H,13,14). The van der Waals surface area contributed by atoms with Crippen molar-refractivity contribution in [3.63, 3.8) is 0 Å². The average Bonchev–Trinajstić information content (AvgIpc) is 2.98. The van der Waals surface area contributed by atoms with E-state index >= 15 is 0 Å². The highest BCUT2D eigenvalue weighted by Crippen LogP contribution is 2.27. The second-order valence-electron chi connectivity index (χ2n) is 4.16. The molecule has 2 N–H and O–H groups in total. The smallest absolute Gasteiger partial charge is 0.234 e. The molecule has 0 heterocycles. The van der Waals surface area contributed by atoms with E-state index in [1.807, 2.05) is 0 Å². The van der Waals surface area contributed by atoms with Crippen molar-refractivity contribution in [3.05, 3.63) is 0 Å². The van der Waals surface area contributed by atoms with Crippen molar-refractivity contribution in [2.24, 2.45) is 5.92 Å². The number of hydrogen-bond acceptors (Lipinski definition) is 2. The van der Waals surface area contributed by atoms with Crippen LogP contribution in [0.2, 0.25) is 0 Å². The van der Waals surface area contributed by atoms with Crippen molar-refractivity contribution < 1.29 is 4.79 Å². The van der Waals surface area contributed by atoms with E-state index in [0.29, 0.717) is 12.6 Å². The van der Waals surface area contributed by atoms with E-state index in [1.54, 1.807) is 0 Å². The largest absolute Gasteiger partial charge is 0.352 e. The summed E-state index contributed by atoms with van der Waals surface area (Å²) in [6.45, 7) is 5.70. The van der Waals surface area contributed by atoms with E-state index in [4.69, 9.17) is 0 Å². The molecule has 0 aromatic carbocycles. The fourth-order valence-corrected chi connectivity index (χ4v) is 1.48. The summed E-state index contributed by atoms with van der Waals surface area (Å²) >= 11 is 0. The highest BCUT2D eigenvalue weighted by Gasteiger charge is 2.20. The van der Waals surface area contributed by atoms with Crippen molar-refractivity contribution in [3.8, 4) is 0 Å². The Morgan fingerprint density at radius 2 is 2.00 bits per heavy atom. The van der Waals surface area contributed by atoms with Gasteiger partial charge in [-0.05, 0) is 38.1 Å². The Bertz CT molecular complexity index is 174. The summed E-state index contributed by atoms with van der Waals surface area (Å²) in [5.74, 6) is 0.982. The Morgan fingerprint density at radius 3 is 2.50 bits per heavy atom. The highest BCUT2D eigenvalue weighted by atomic mass is 16.1. The Labute approximate surface area is 86.6 Å². The van der Waals surface area contributed by atoms with Gasteiger partial charge in [0.1, 0.15) is 0 Å². The van der Waals surface area contributed by atoms with Crippen molar-refractivity contribution >= 4 is 5.91 Å². The molecule has 0 unspecified atom stereocenters. The van der Waals surface area contributed by atoms with E-state index in [-0.39, 0.29) is 5.91 Å². The first-order valence-corrected chi connectivity index (χ1v) is 5.76. The molecule has 0 spiro atoms. The minimum Gasteiger partial charge on any atom is -0.352 e. The lowest BCUT2D eigenvalue weighted by Gasteiger charge is -2.14. The Balaban J connectivity index is 2.01. The fraction of sp³-hybridized carbons (Fsp3) is 0.909. The molecule has 0 aliphatic heterocycles. The van der Waals surface area contributed by atoms with Crippen LogP contribution in [0.1, 0.15) is 39.5 Å². The van der Waals surface area contributed by atoms with Crippen LogP contribution in [0.4, 0.5) is 0 Å². The van der Waals surface area contributed by atoms with Gasteiger partial charge in [-0.15, -0.1) is 0 Å². The molecule has 1 aliphatic carbocycles. The Morgan fingerprint density at radius 1 is 1.36 bits per heavy atom. The quantitative estimate of drug-likeness (QED) is 0.647. The second-order valence-corrected chi connectivity index (χ2v) is 4.16. The summed E-state index contributed by atoms with van der Waals surface area (Å²) in [5.41, 5.74) is 0. The van der Waals surface area contributed by atoms with Gasteiger partial charge in [0.15, 0.2) is 0 Å². The van der Waals surface area contributed by atoms with Crippen molar-refractivity contribution in [1.82, 2.24) is 10.6 Å². The number of hydrogen-bond donors (Lipinski definition) is 2. The summed E-state index contributed by atoms with van der Waals surface area (Å²) in [6, 6.07) is 0.352. The molecule has 0 saturated heterocycles. The topological polar surface area (TPSA) is 41.1 Å². The molecule has 1 fully saturated rings. The van der Waals surface area contributed by atoms with Gasteiger partial charge < -0.3 is 10.6 Å². The first-order valence-electron chi connectivity index (χ1n) is 5.76. The third-order valence-corrected chi connectivity index (χ3v) is 2.77. The molecule has 0 bridgehead atoms. The predicted molar refractivity (Wildman–Crippen MR) is 58.1 cm³/mol. The minimum atomic E-state index is 0.138. The molecule has 0 aromatic rings. The molecule has 0 radical (unpaired) electrons. The van der Waals surface area contributed by atoms with Gasteiger partial charge in [-0.3, -0.25) is 4.79 Å². The van der Waals surface area contributed by atoms with Crippen LogP contribution < -0.4 is 10.6 Å². The zero-order valence-electron chi connectivity index (χ0n) is 9.31. The summed E-state index contributed by atoms with van der Waals surface area (Å²) in [4.78, 5) is 11.4. The fourth-order valence-electron chi connectivity index (χ4n) is 1.48. The maximum absolute atomic E-state index is 11.4. The van der Waals surface area contributed by atoms with Gasteiger partial charge in [0.2, 0.25) is 5.91 Å². The van der Waals surface area contributed by atoms with Gasteiger partial charge in [0, 0.05) is 6.04 Å². The van der Waals surface area contributed by atoms with Gasteiger partial charge in [-0.25, -0.2) is 0 Å². The lowest BCUT2D eigenvalue weighted by Crippen LogP contribution is -2.40. The molecule has 3 nitrogen and oxygen atoms in total. The molecule has 1 rings (SSSR count). The summed E-state index contributed by atoms with van der Waals surface area (Å²) < 4.78 is 0. The third kappa shape index (κ3) is 4.61. The molecule has 82 valence electrons. The average molecular weight is 198 g/mol. The van der Waals surface area contributed by atoms with Crippen LogP contribution in [0.3, 0.4) is 0 Å². The van der Waals surface area contributed by atoms with Gasteiger partial charge in [-0.2, -0.15) is 0 Å². The summed E-state index contributed by atoms with van der Waals surface area (Å²) in [5, 5.41) is 6.20. The van der Waals surface area contributed by atoms with Crippen LogP contribution in [0, 0.1) is 5.92 Å². The number of amides is 1. The second kappa shape index (κ2) is 6.02. The van der Waals surface area contributed by atoms with Crippen LogP contribution in [-0.4, -0.2) is 25.0 Å². The zero-order valence-corrected chi connectivity index (χ0v) is 9.31. The van der Waals surface area contributed by atoms with Gasteiger partial charge in [0.25, 0.3) is 0 Å². The SMILES string of the molecule is CCC(CC)NC(=O)CNCC1CC1. The minimum absolute atomic E-state index is 0.138. The number of carbonyl (C=O) groups is 1. The van der Waals surface area contributed by atoms with E-state index in [1.165, 1.54) is 12.8 Å².